The molecule has 1 N–H and O–H groups in total. The molecule has 1 heterocycles. The first-order valence-corrected chi connectivity index (χ1v) is 7.80. The molecule has 0 amide bonds. The van der Waals surface area contributed by atoms with Crippen LogP contribution >= 0.6 is 0 Å². The van der Waals surface area contributed by atoms with E-state index in [1.165, 1.54) is 30.4 Å². The second-order valence-corrected chi connectivity index (χ2v) is 5.50. The number of hydrogen-bond acceptors (Lipinski definition) is 4. The second-order valence-electron chi connectivity index (χ2n) is 5.50. The van der Waals surface area contributed by atoms with Gasteiger partial charge in [-0.25, -0.2) is 0 Å². The van der Waals surface area contributed by atoms with Crippen molar-refractivity contribution >= 4 is 0 Å². The van der Waals surface area contributed by atoms with Gasteiger partial charge in [0.25, 0.3) is 0 Å². The summed E-state index contributed by atoms with van der Waals surface area (Å²) < 4.78 is 4.96. The third-order valence-electron chi connectivity index (χ3n) is 3.67. The summed E-state index contributed by atoms with van der Waals surface area (Å²) >= 11 is 0. The maximum Gasteiger partial charge on any atom is 0.223 e. The second kappa shape index (κ2) is 7.93. The molecule has 0 aliphatic rings. The van der Waals surface area contributed by atoms with Gasteiger partial charge >= 0.3 is 0 Å². The fraction of sp³-hybridized carbons (Fsp3) is 0.529. The van der Waals surface area contributed by atoms with Gasteiger partial charge in [-0.1, -0.05) is 42.8 Å². The van der Waals surface area contributed by atoms with Gasteiger partial charge in [0.2, 0.25) is 5.89 Å². The van der Waals surface area contributed by atoms with Crippen LogP contribution in [-0.4, -0.2) is 16.7 Å². The van der Waals surface area contributed by atoms with Gasteiger partial charge in [-0.05, 0) is 30.9 Å². The first-order chi connectivity index (χ1) is 10.2. The average molecular weight is 287 g/mol. The van der Waals surface area contributed by atoms with Crippen LogP contribution in [0.4, 0.5) is 0 Å². The largest absolute Gasteiger partial charge is 0.340 e. The van der Waals surface area contributed by atoms with Gasteiger partial charge in [-0.2, -0.15) is 4.98 Å². The van der Waals surface area contributed by atoms with Crippen LogP contribution < -0.4 is 5.32 Å². The van der Waals surface area contributed by atoms with Crippen molar-refractivity contribution in [3.05, 3.63) is 47.1 Å². The van der Waals surface area contributed by atoms with Crippen LogP contribution in [-0.2, 0) is 12.8 Å². The summed E-state index contributed by atoms with van der Waals surface area (Å²) in [7, 11) is 0. The Balaban J connectivity index is 1.78. The van der Waals surface area contributed by atoms with Gasteiger partial charge in [-0.3, -0.25) is 0 Å². The van der Waals surface area contributed by atoms with Gasteiger partial charge in [-0.15, -0.1) is 0 Å². The molecule has 21 heavy (non-hydrogen) atoms. The predicted molar refractivity (Wildman–Crippen MR) is 84.2 cm³/mol. The van der Waals surface area contributed by atoms with Gasteiger partial charge in [0.1, 0.15) is 0 Å². The SMILES string of the molecule is CCCCc1ccc(C(C)NCCc2noc(C)n2)cc1. The lowest BCUT2D eigenvalue weighted by atomic mass is 10.0. The average Bonchev–Trinajstić information content (AvgIpc) is 2.91. The van der Waals surface area contributed by atoms with E-state index < -0.39 is 0 Å². The van der Waals surface area contributed by atoms with Crippen molar-refractivity contribution < 1.29 is 4.52 Å². The topological polar surface area (TPSA) is 51.0 Å². The Morgan fingerprint density at radius 1 is 1.19 bits per heavy atom. The van der Waals surface area contributed by atoms with Gasteiger partial charge in [0.05, 0.1) is 0 Å². The van der Waals surface area contributed by atoms with Crippen LogP contribution in [0.25, 0.3) is 0 Å². The Morgan fingerprint density at radius 3 is 2.57 bits per heavy atom. The van der Waals surface area contributed by atoms with E-state index in [1.54, 1.807) is 0 Å². The van der Waals surface area contributed by atoms with E-state index in [0.717, 1.165) is 18.8 Å². The number of hydrogen-bond donors (Lipinski definition) is 1. The summed E-state index contributed by atoms with van der Waals surface area (Å²) in [6.07, 6.45) is 4.47. The van der Waals surface area contributed by atoms with E-state index >= 15 is 0 Å². The molecule has 1 aromatic heterocycles. The van der Waals surface area contributed by atoms with E-state index in [9.17, 15) is 0 Å². The number of unbranched alkanes of at least 4 members (excludes halogenated alkanes) is 1. The Hall–Kier alpha value is -1.68. The monoisotopic (exact) mass is 287 g/mol. The van der Waals surface area contributed by atoms with E-state index in [4.69, 9.17) is 4.52 Å². The highest BCUT2D eigenvalue weighted by molar-refractivity contribution is 5.24. The minimum absolute atomic E-state index is 0.332. The van der Waals surface area contributed by atoms with Crippen molar-refractivity contribution in [2.24, 2.45) is 0 Å². The van der Waals surface area contributed by atoms with Crippen molar-refractivity contribution in [3.8, 4) is 0 Å². The van der Waals surface area contributed by atoms with Crippen molar-refractivity contribution in [2.45, 2.75) is 52.5 Å². The molecule has 114 valence electrons. The van der Waals surface area contributed by atoms with E-state index in [-0.39, 0.29) is 0 Å². The molecule has 2 aromatic rings. The molecule has 0 bridgehead atoms. The maximum atomic E-state index is 4.96. The molecule has 4 heteroatoms. The number of rotatable bonds is 8. The summed E-state index contributed by atoms with van der Waals surface area (Å²) in [6, 6.07) is 9.26. The Kier molecular flexibility index (Phi) is 5.93. The fourth-order valence-corrected chi connectivity index (χ4v) is 2.32. The third kappa shape index (κ3) is 4.97. The number of nitrogens with zero attached hydrogens (tertiary/aromatic N) is 2. The summed E-state index contributed by atoms with van der Waals surface area (Å²) in [5.41, 5.74) is 2.75. The van der Waals surface area contributed by atoms with Gasteiger partial charge in [0, 0.05) is 25.9 Å². The maximum absolute atomic E-state index is 4.96. The van der Waals surface area contributed by atoms with Crippen molar-refractivity contribution in [1.82, 2.24) is 15.5 Å². The number of aromatic nitrogens is 2. The normalized spacial score (nSPS) is 12.5. The summed E-state index contributed by atoms with van der Waals surface area (Å²) in [5.74, 6) is 1.39. The Labute approximate surface area is 127 Å². The highest BCUT2D eigenvalue weighted by Gasteiger charge is 2.06. The molecule has 4 nitrogen and oxygen atoms in total. The Bertz CT molecular complexity index is 533. The minimum Gasteiger partial charge on any atom is -0.340 e. The highest BCUT2D eigenvalue weighted by atomic mass is 16.5. The molecule has 1 aromatic carbocycles. The molecule has 0 aliphatic heterocycles. The smallest absolute Gasteiger partial charge is 0.223 e. The van der Waals surface area contributed by atoms with E-state index in [0.29, 0.717) is 11.9 Å². The molecule has 0 aliphatic carbocycles. The van der Waals surface area contributed by atoms with Crippen molar-refractivity contribution in [3.63, 3.8) is 0 Å². The molecule has 0 radical (unpaired) electrons. The van der Waals surface area contributed by atoms with Crippen LogP contribution in [0.1, 0.15) is 55.6 Å². The van der Waals surface area contributed by atoms with Crippen LogP contribution in [0.15, 0.2) is 28.8 Å². The molecule has 0 saturated heterocycles. The zero-order valence-electron chi connectivity index (χ0n) is 13.2. The molecular weight excluding hydrogens is 262 g/mol. The first-order valence-electron chi connectivity index (χ1n) is 7.80. The van der Waals surface area contributed by atoms with Crippen LogP contribution in [0.5, 0.6) is 0 Å². The summed E-state index contributed by atoms with van der Waals surface area (Å²) in [5, 5.41) is 7.40. The van der Waals surface area contributed by atoms with Crippen LogP contribution in [0, 0.1) is 6.92 Å². The standard InChI is InChI=1S/C17H25N3O/c1-4-5-6-15-7-9-16(10-8-15)13(2)18-12-11-17-19-14(3)21-20-17/h7-10,13,18H,4-6,11-12H2,1-3H3. The molecule has 1 atom stereocenters. The van der Waals surface area contributed by atoms with Gasteiger partial charge < -0.3 is 9.84 Å². The first kappa shape index (κ1) is 15.7. The molecule has 0 saturated carbocycles. The van der Waals surface area contributed by atoms with Crippen molar-refractivity contribution in [2.75, 3.05) is 6.54 Å². The third-order valence-corrected chi connectivity index (χ3v) is 3.67. The number of benzene rings is 1. The van der Waals surface area contributed by atoms with E-state index in [2.05, 4.69) is 53.6 Å². The lowest BCUT2D eigenvalue weighted by Crippen LogP contribution is -2.21. The molecular formula is C17H25N3O. The lowest BCUT2D eigenvalue weighted by molar-refractivity contribution is 0.386. The lowest BCUT2D eigenvalue weighted by Gasteiger charge is -2.14. The summed E-state index contributed by atoms with van der Waals surface area (Å²) in [6.45, 7) is 7.07. The Morgan fingerprint density at radius 2 is 1.95 bits per heavy atom. The van der Waals surface area contributed by atoms with Crippen molar-refractivity contribution in [1.29, 1.82) is 0 Å². The quantitative estimate of drug-likeness (QED) is 0.805. The van der Waals surface area contributed by atoms with Crippen LogP contribution in [0.2, 0.25) is 0 Å². The molecule has 2 rings (SSSR count). The number of nitrogens with one attached hydrogen (secondary N) is 1. The minimum atomic E-state index is 0.332. The molecule has 0 spiro atoms. The van der Waals surface area contributed by atoms with Gasteiger partial charge in [0.15, 0.2) is 5.82 Å². The molecule has 1 unspecified atom stereocenters. The number of aryl methyl sites for hydroxylation is 2. The zero-order valence-corrected chi connectivity index (χ0v) is 13.2. The highest BCUT2D eigenvalue weighted by Crippen LogP contribution is 2.14. The summed E-state index contributed by atoms with van der Waals surface area (Å²) in [4.78, 5) is 4.20. The molecule has 0 fully saturated rings. The fourth-order valence-electron chi connectivity index (χ4n) is 2.32. The zero-order chi connectivity index (χ0) is 15.1. The van der Waals surface area contributed by atoms with E-state index in [1.807, 2.05) is 6.92 Å². The van der Waals surface area contributed by atoms with Crippen LogP contribution in [0.3, 0.4) is 0 Å². The predicted octanol–water partition coefficient (Wildman–Crippen LogP) is 3.61.